The van der Waals surface area contributed by atoms with Crippen LogP contribution in [0.3, 0.4) is 0 Å². The Morgan fingerprint density at radius 2 is 1.79 bits per heavy atom. The Bertz CT molecular complexity index is 722. The van der Waals surface area contributed by atoms with E-state index in [1.54, 1.807) is 0 Å². The van der Waals surface area contributed by atoms with Gasteiger partial charge in [-0.15, -0.1) is 0 Å². The first kappa shape index (κ1) is 18.1. The third-order valence-corrected chi connectivity index (χ3v) is 4.59. The second-order valence-electron chi connectivity index (χ2n) is 6.36. The molecule has 0 heterocycles. The van der Waals surface area contributed by atoms with Crippen molar-refractivity contribution in [3.8, 4) is 5.75 Å². The summed E-state index contributed by atoms with van der Waals surface area (Å²) in [6.07, 6.45) is 0.845. The lowest BCUT2D eigenvalue weighted by Gasteiger charge is -2.19. The Morgan fingerprint density at radius 1 is 1.04 bits per heavy atom. The Balaban J connectivity index is 1.99. The Morgan fingerprint density at radius 3 is 2.46 bits per heavy atom. The van der Waals surface area contributed by atoms with Crippen molar-refractivity contribution in [1.29, 1.82) is 0 Å². The number of amides is 1. The minimum Gasteiger partial charge on any atom is -0.483 e. The number of ether oxygens (including phenoxy) is 1. The van der Waals surface area contributed by atoms with Crippen molar-refractivity contribution in [3.05, 3.63) is 64.2 Å². The lowest BCUT2D eigenvalue weighted by atomic mass is 9.99. The quantitative estimate of drug-likeness (QED) is 0.845. The molecule has 1 atom stereocenters. The van der Waals surface area contributed by atoms with Crippen molar-refractivity contribution >= 4 is 5.91 Å². The molecule has 3 heteroatoms. The van der Waals surface area contributed by atoms with Gasteiger partial charge in [0, 0.05) is 0 Å². The van der Waals surface area contributed by atoms with Crippen LogP contribution in [-0.4, -0.2) is 12.5 Å². The zero-order valence-electron chi connectivity index (χ0n) is 15.3. The van der Waals surface area contributed by atoms with Gasteiger partial charge in [0.05, 0.1) is 6.04 Å². The van der Waals surface area contributed by atoms with E-state index in [-0.39, 0.29) is 18.6 Å². The number of benzene rings is 2. The van der Waals surface area contributed by atoms with Gasteiger partial charge in [0.2, 0.25) is 0 Å². The summed E-state index contributed by atoms with van der Waals surface area (Å²) >= 11 is 0. The molecule has 0 unspecified atom stereocenters. The molecule has 128 valence electrons. The highest BCUT2D eigenvalue weighted by atomic mass is 16.5. The summed E-state index contributed by atoms with van der Waals surface area (Å²) in [6, 6.07) is 12.2. The maximum absolute atomic E-state index is 12.3. The molecule has 2 aromatic carbocycles. The molecule has 0 bridgehead atoms. The third-order valence-electron chi connectivity index (χ3n) is 4.59. The fourth-order valence-corrected chi connectivity index (χ4v) is 2.66. The summed E-state index contributed by atoms with van der Waals surface area (Å²) < 4.78 is 5.69. The van der Waals surface area contributed by atoms with Crippen LogP contribution in [-0.2, 0) is 4.79 Å². The Kier molecular flexibility index (Phi) is 6.02. The first-order chi connectivity index (χ1) is 11.4. The summed E-state index contributed by atoms with van der Waals surface area (Å²) in [6.45, 7) is 10.3. The second-order valence-corrected chi connectivity index (χ2v) is 6.36. The average molecular weight is 325 g/mol. The van der Waals surface area contributed by atoms with Gasteiger partial charge in [-0.2, -0.15) is 0 Å². The minimum atomic E-state index is -0.0963. The van der Waals surface area contributed by atoms with Crippen molar-refractivity contribution in [2.45, 2.75) is 47.1 Å². The van der Waals surface area contributed by atoms with Crippen LogP contribution in [0.1, 0.15) is 47.2 Å². The summed E-state index contributed by atoms with van der Waals surface area (Å²) in [7, 11) is 0. The Hall–Kier alpha value is -2.29. The highest BCUT2D eigenvalue weighted by Gasteiger charge is 2.14. The first-order valence-electron chi connectivity index (χ1n) is 8.48. The normalized spacial score (nSPS) is 11.9. The van der Waals surface area contributed by atoms with Gasteiger partial charge in [-0.05, 0) is 68.0 Å². The SMILES string of the molecule is CC[C@H](NC(=O)COc1cccc(C)c1C)c1ccc(C)c(C)c1. The van der Waals surface area contributed by atoms with E-state index < -0.39 is 0 Å². The van der Waals surface area contributed by atoms with Gasteiger partial charge in [-0.25, -0.2) is 0 Å². The predicted octanol–water partition coefficient (Wildman–Crippen LogP) is 4.57. The zero-order chi connectivity index (χ0) is 17.7. The second kappa shape index (κ2) is 8.00. The van der Waals surface area contributed by atoms with Crippen molar-refractivity contribution < 1.29 is 9.53 Å². The molecular formula is C21H27NO2. The van der Waals surface area contributed by atoms with Crippen LogP contribution in [0.15, 0.2) is 36.4 Å². The standard InChI is InChI=1S/C21H27NO2/c1-6-19(18-11-10-14(2)16(4)12-18)22-21(23)13-24-20-9-7-8-15(3)17(20)5/h7-12,19H,6,13H2,1-5H3,(H,22,23)/t19-/m0/s1. The summed E-state index contributed by atoms with van der Waals surface area (Å²) in [5, 5.41) is 3.07. The molecule has 0 fully saturated rings. The largest absolute Gasteiger partial charge is 0.483 e. The first-order valence-corrected chi connectivity index (χ1v) is 8.48. The number of carbonyl (C=O) groups excluding carboxylic acids is 1. The van der Waals surface area contributed by atoms with E-state index in [4.69, 9.17) is 4.74 Å². The average Bonchev–Trinajstić information content (AvgIpc) is 2.56. The van der Waals surface area contributed by atoms with E-state index >= 15 is 0 Å². The molecule has 2 aromatic rings. The Labute approximate surface area is 145 Å². The smallest absolute Gasteiger partial charge is 0.258 e. The molecule has 1 N–H and O–H groups in total. The van der Waals surface area contributed by atoms with E-state index in [1.165, 1.54) is 11.1 Å². The van der Waals surface area contributed by atoms with Gasteiger partial charge in [0.1, 0.15) is 5.75 Å². The lowest BCUT2D eigenvalue weighted by Crippen LogP contribution is -2.32. The molecular weight excluding hydrogens is 298 g/mol. The highest BCUT2D eigenvalue weighted by Crippen LogP contribution is 2.21. The summed E-state index contributed by atoms with van der Waals surface area (Å²) in [5.74, 6) is 0.672. The van der Waals surface area contributed by atoms with Crippen LogP contribution in [0.2, 0.25) is 0 Å². The molecule has 0 aliphatic heterocycles. The van der Waals surface area contributed by atoms with Crippen LogP contribution < -0.4 is 10.1 Å². The minimum absolute atomic E-state index is 0.0130. The van der Waals surface area contributed by atoms with Gasteiger partial charge in [-0.3, -0.25) is 4.79 Å². The van der Waals surface area contributed by atoms with Crippen molar-refractivity contribution in [3.63, 3.8) is 0 Å². The van der Waals surface area contributed by atoms with Gasteiger partial charge < -0.3 is 10.1 Å². The summed E-state index contributed by atoms with van der Waals surface area (Å²) in [5.41, 5.74) is 5.88. The van der Waals surface area contributed by atoms with Crippen LogP contribution in [0.25, 0.3) is 0 Å². The molecule has 0 aliphatic rings. The highest BCUT2D eigenvalue weighted by molar-refractivity contribution is 5.78. The molecule has 3 nitrogen and oxygen atoms in total. The molecule has 0 saturated carbocycles. The van der Waals surface area contributed by atoms with Crippen molar-refractivity contribution in [2.75, 3.05) is 6.61 Å². The lowest BCUT2D eigenvalue weighted by molar-refractivity contribution is -0.123. The molecule has 0 aliphatic carbocycles. The fourth-order valence-electron chi connectivity index (χ4n) is 2.66. The third kappa shape index (κ3) is 4.38. The van der Waals surface area contributed by atoms with E-state index in [0.29, 0.717) is 0 Å². The van der Waals surface area contributed by atoms with E-state index in [2.05, 4.69) is 44.3 Å². The van der Waals surface area contributed by atoms with E-state index in [0.717, 1.165) is 28.9 Å². The van der Waals surface area contributed by atoms with Gasteiger partial charge in [0.15, 0.2) is 6.61 Å². The van der Waals surface area contributed by atoms with Crippen molar-refractivity contribution in [2.24, 2.45) is 0 Å². The molecule has 0 radical (unpaired) electrons. The van der Waals surface area contributed by atoms with Crippen molar-refractivity contribution in [1.82, 2.24) is 5.32 Å². The number of hydrogen-bond donors (Lipinski definition) is 1. The molecule has 0 aromatic heterocycles. The number of rotatable bonds is 6. The molecule has 0 spiro atoms. The summed E-state index contributed by atoms with van der Waals surface area (Å²) in [4.78, 5) is 12.3. The maximum Gasteiger partial charge on any atom is 0.258 e. The van der Waals surface area contributed by atoms with Crippen LogP contribution in [0.4, 0.5) is 0 Å². The van der Waals surface area contributed by atoms with Crippen LogP contribution >= 0.6 is 0 Å². The van der Waals surface area contributed by atoms with Crippen LogP contribution in [0.5, 0.6) is 5.75 Å². The van der Waals surface area contributed by atoms with Crippen LogP contribution in [0, 0.1) is 27.7 Å². The monoisotopic (exact) mass is 325 g/mol. The van der Waals surface area contributed by atoms with Gasteiger partial charge in [-0.1, -0.05) is 37.3 Å². The molecule has 1 amide bonds. The van der Waals surface area contributed by atoms with Gasteiger partial charge >= 0.3 is 0 Å². The zero-order valence-corrected chi connectivity index (χ0v) is 15.3. The number of hydrogen-bond acceptors (Lipinski definition) is 2. The maximum atomic E-state index is 12.3. The topological polar surface area (TPSA) is 38.3 Å². The van der Waals surface area contributed by atoms with E-state index in [1.807, 2.05) is 32.0 Å². The van der Waals surface area contributed by atoms with Gasteiger partial charge in [0.25, 0.3) is 5.91 Å². The fraction of sp³-hybridized carbons (Fsp3) is 0.381. The number of carbonyl (C=O) groups is 1. The molecule has 0 saturated heterocycles. The number of nitrogens with one attached hydrogen (secondary N) is 1. The molecule has 2 rings (SSSR count). The number of aryl methyl sites for hydroxylation is 3. The predicted molar refractivity (Wildman–Crippen MR) is 98.5 cm³/mol. The molecule has 24 heavy (non-hydrogen) atoms. The van der Waals surface area contributed by atoms with E-state index in [9.17, 15) is 4.79 Å².